The fourth-order valence-corrected chi connectivity index (χ4v) is 2.46. The van der Waals surface area contributed by atoms with Crippen LogP contribution in [0.4, 0.5) is 0 Å². The molecule has 0 aliphatic carbocycles. The highest BCUT2D eigenvalue weighted by Crippen LogP contribution is 2.18. The molecule has 2 rings (SSSR count). The van der Waals surface area contributed by atoms with Gasteiger partial charge in [0.2, 0.25) is 0 Å². The normalized spacial score (nSPS) is 13.3. The summed E-state index contributed by atoms with van der Waals surface area (Å²) in [5, 5.41) is 16.9. The number of guanidine groups is 1. The summed E-state index contributed by atoms with van der Waals surface area (Å²) in [6, 6.07) is 17.7. The molecule has 26 heavy (non-hydrogen) atoms. The lowest BCUT2D eigenvalue weighted by atomic mass is 10.1. The predicted octanol–water partition coefficient (Wildman–Crippen LogP) is 3.66. The van der Waals surface area contributed by atoms with Crippen LogP contribution in [-0.2, 0) is 0 Å². The average Bonchev–Trinajstić information content (AvgIpc) is 2.66. The lowest BCUT2D eigenvalue weighted by Gasteiger charge is -2.19. The van der Waals surface area contributed by atoms with Crippen molar-refractivity contribution in [3.05, 3.63) is 65.7 Å². The smallest absolute Gasteiger partial charge is 0.191 e. The van der Waals surface area contributed by atoms with E-state index < -0.39 is 6.10 Å². The number of ether oxygens (including phenoxy) is 1. The molecule has 0 bridgehead atoms. The van der Waals surface area contributed by atoms with E-state index in [-0.39, 0.29) is 36.6 Å². The van der Waals surface area contributed by atoms with Crippen LogP contribution < -0.4 is 15.4 Å². The van der Waals surface area contributed by atoms with E-state index in [0.29, 0.717) is 5.96 Å². The highest BCUT2D eigenvalue weighted by molar-refractivity contribution is 14.0. The molecule has 2 aromatic carbocycles. The number of aliphatic imine (C=N–C) groups is 1. The fraction of sp³-hybridized carbons (Fsp3) is 0.350. The molecule has 0 spiro atoms. The van der Waals surface area contributed by atoms with Crippen LogP contribution in [0.15, 0.2) is 59.6 Å². The summed E-state index contributed by atoms with van der Waals surface area (Å²) in [5.74, 6) is 1.46. The average molecular weight is 469 g/mol. The lowest BCUT2D eigenvalue weighted by molar-refractivity contribution is 0.187. The minimum Gasteiger partial charge on any atom is -0.497 e. The summed E-state index contributed by atoms with van der Waals surface area (Å²) in [6.07, 6.45) is -0.659. The molecule has 0 heterocycles. The number of benzene rings is 2. The molecule has 0 aliphatic rings. The third-order valence-electron chi connectivity index (χ3n) is 3.92. The summed E-state index contributed by atoms with van der Waals surface area (Å²) in [7, 11) is 1.62. The molecular weight excluding hydrogens is 441 g/mol. The van der Waals surface area contributed by atoms with Crippen molar-refractivity contribution in [1.82, 2.24) is 10.6 Å². The molecule has 5 nitrogen and oxygen atoms in total. The second kappa shape index (κ2) is 11.7. The fourth-order valence-electron chi connectivity index (χ4n) is 2.46. The Morgan fingerprint density at radius 1 is 1.08 bits per heavy atom. The minimum atomic E-state index is -0.659. The molecule has 6 heteroatoms. The van der Waals surface area contributed by atoms with Crippen LogP contribution >= 0.6 is 24.0 Å². The zero-order chi connectivity index (χ0) is 18.1. The summed E-state index contributed by atoms with van der Waals surface area (Å²) < 4.78 is 5.14. The van der Waals surface area contributed by atoms with Crippen molar-refractivity contribution in [2.75, 3.05) is 20.2 Å². The molecule has 0 saturated carbocycles. The first-order valence-corrected chi connectivity index (χ1v) is 8.55. The van der Waals surface area contributed by atoms with Gasteiger partial charge in [-0.2, -0.15) is 0 Å². The molecular formula is C20H28IN3O2. The minimum absolute atomic E-state index is 0. The molecule has 2 aromatic rings. The molecule has 3 N–H and O–H groups in total. The van der Waals surface area contributed by atoms with E-state index in [9.17, 15) is 5.11 Å². The van der Waals surface area contributed by atoms with Gasteiger partial charge in [0, 0.05) is 6.54 Å². The van der Waals surface area contributed by atoms with Crippen LogP contribution in [-0.4, -0.2) is 31.3 Å². The number of hydrogen-bond donors (Lipinski definition) is 3. The van der Waals surface area contributed by atoms with Crippen LogP contribution in [0, 0.1) is 0 Å². The topological polar surface area (TPSA) is 65.9 Å². The molecule has 0 fully saturated rings. The van der Waals surface area contributed by atoms with Gasteiger partial charge in [-0.25, -0.2) is 0 Å². The number of halogens is 1. The lowest BCUT2D eigenvalue weighted by Crippen LogP contribution is -2.39. The number of aliphatic hydroxyl groups excluding tert-OH is 1. The van der Waals surface area contributed by atoms with Crippen molar-refractivity contribution < 1.29 is 9.84 Å². The van der Waals surface area contributed by atoms with Gasteiger partial charge in [-0.1, -0.05) is 42.5 Å². The maximum Gasteiger partial charge on any atom is 0.191 e. The maximum atomic E-state index is 10.3. The van der Waals surface area contributed by atoms with Crippen LogP contribution in [0.25, 0.3) is 0 Å². The van der Waals surface area contributed by atoms with Gasteiger partial charge in [-0.15, -0.1) is 24.0 Å². The molecule has 0 amide bonds. The molecule has 0 radical (unpaired) electrons. The van der Waals surface area contributed by atoms with Gasteiger partial charge in [0.05, 0.1) is 25.8 Å². The highest BCUT2D eigenvalue weighted by atomic mass is 127. The van der Waals surface area contributed by atoms with E-state index in [0.717, 1.165) is 17.9 Å². The van der Waals surface area contributed by atoms with Crippen molar-refractivity contribution in [1.29, 1.82) is 0 Å². The second-order valence-corrected chi connectivity index (χ2v) is 5.79. The van der Waals surface area contributed by atoms with Crippen LogP contribution in [0.5, 0.6) is 5.75 Å². The van der Waals surface area contributed by atoms with Gasteiger partial charge in [0.15, 0.2) is 5.96 Å². The van der Waals surface area contributed by atoms with Crippen molar-refractivity contribution in [3.63, 3.8) is 0 Å². The summed E-state index contributed by atoms with van der Waals surface area (Å²) in [4.78, 5) is 4.51. The maximum absolute atomic E-state index is 10.3. The Hall–Kier alpha value is -1.80. The van der Waals surface area contributed by atoms with Gasteiger partial charge in [0.1, 0.15) is 5.75 Å². The first-order valence-electron chi connectivity index (χ1n) is 8.55. The Bertz CT molecular complexity index is 663. The van der Waals surface area contributed by atoms with Gasteiger partial charge < -0.3 is 20.5 Å². The largest absolute Gasteiger partial charge is 0.497 e. The summed E-state index contributed by atoms with van der Waals surface area (Å²) >= 11 is 0. The number of hydrogen-bond acceptors (Lipinski definition) is 3. The van der Waals surface area contributed by atoms with Crippen LogP contribution in [0.1, 0.15) is 37.1 Å². The van der Waals surface area contributed by atoms with Crippen molar-refractivity contribution in [2.45, 2.75) is 26.0 Å². The Balaban J connectivity index is 0.00000338. The Kier molecular flexibility index (Phi) is 10.0. The third kappa shape index (κ3) is 6.84. The van der Waals surface area contributed by atoms with Gasteiger partial charge in [0.25, 0.3) is 0 Å². The van der Waals surface area contributed by atoms with E-state index in [4.69, 9.17) is 4.74 Å². The number of rotatable bonds is 7. The third-order valence-corrected chi connectivity index (χ3v) is 3.92. The van der Waals surface area contributed by atoms with E-state index >= 15 is 0 Å². The second-order valence-electron chi connectivity index (χ2n) is 5.79. The summed E-state index contributed by atoms with van der Waals surface area (Å²) in [5.41, 5.74) is 2.00. The molecule has 2 atom stereocenters. The van der Waals surface area contributed by atoms with Gasteiger partial charge in [-0.3, -0.25) is 4.99 Å². The van der Waals surface area contributed by atoms with Gasteiger partial charge >= 0.3 is 0 Å². The van der Waals surface area contributed by atoms with E-state index in [2.05, 4.69) is 34.7 Å². The highest BCUT2D eigenvalue weighted by Gasteiger charge is 2.10. The molecule has 0 saturated heterocycles. The number of nitrogens with zero attached hydrogens (tertiary/aromatic N) is 1. The molecule has 142 valence electrons. The molecule has 0 aromatic heterocycles. The Morgan fingerprint density at radius 2 is 1.73 bits per heavy atom. The molecule has 0 aliphatic heterocycles. The molecule has 2 unspecified atom stereocenters. The van der Waals surface area contributed by atoms with Crippen molar-refractivity contribution in [3.8, 4) is 5.75 Å². The van der Waals surface area contributed by atoms with Gasteiger partial charge in [-0.05, 0) is 37.1 Å². The SMILES string of the molecule is CCNC(=NCC(O)c1ccc(OC)cc1)NC(C)c1ccccc1.I. The van der Waals surface area contributed by atoms with Crippen LogP contribution in [0.3, 0.4) is 0 Å². The Morgan fingerprint density at radius 3 is 2.31 bits per heavy atom. The Labute approximate surface area is 172 Å². The van der Waals surface area contributed by atoms with Crippen molar-refractivity contribution >= 4 is 29.9 Å². The van der Waals surface area contributed by atoms with E-state index in [1.807, 2.05) is 49.4 Å². The zero-order valence-electron chi connectivity index (χ0n) is 15.5. The standard InChI is InChI=1S/C20H27N3O2.HI/c1-4-21-20(23-15(2)16-8-6-5-7-9-16)22-14-19(24)17-10-12-18(25-3)13-11-17;/h5-13,15,19,24H,4,14H2,1-3H3,(H2,21,22,23);1H. The first kappa shape index (κ1) is 22.2. The summed E-state index contributed by atoms with van der Waals surface area (Å²) in [6.45, 7) is 5.14. The quantitative estimate of drug-likeness (QED) is 0.329. The van der Waals surface area contributed by atoms with Crippen LogP contribution in [0.2, 0.25) is 0 Å². The van der Waals surface area contributed by atoms with E-state index in [1.54, 1.807) is 7.11 Å². The van der Waals surface area contributed by atoms with E-state index in [1.165, 1.54) is 5.56 Å². The predicted molar refractivity (Wildman–Crippen MR) is 117 cm³/mol. The monoisotopic (exact) mass is 469 g/mol. The zero-order valence-corrected chi connectivity index (χ0v) is 17.8. The van der Waals surface area contributed by atoms with Crippen molar-refractivity contribution in [2.24, 2.45) is 4.99 Å². The number of nitrogens with one attached hydrogen (secondary N) is 2. The number of methoxy groups -OCH3 is 1. The first-order chi connectivity index (χ1) is 12.1. The number of aliphatic hydroxyl groups is 1.